The molecule has 3 rings (SSSR count). The van der Waals surface area contributed by atoms with E-state index in [1.165, 1.54) is 12.1 Å². The number of carbonyl (C=O) groups excluding carboxylic acids is 1. The first-order valence-corrected chi connectivity index (χ1v) is 11.5. The van der Waals surface area contributed by atoms with Gasteiger partial charge in [-0.15, -0.1) is 0 Å². The first-order valence-electron chi connectivity index (χ1n) is 11.5. The first kappa shape index (κ1) is 25.3. The van der Waals surface area contributed by atoms with E-state index < -0.39 is 11.7 Å². The van der Waals surface area contributed by atoms with Crippen LogP contribution in [0, 0.1) is 0 Å². The van der Waals surface area contributed by atoms with Crippen molar-refractivity contribution in [2.24, 2.45) is 0 Å². The Labute approximate surface area is 198 Å². The molecule has 0 bridgehead atoms. The third-order valence-electron chi connectivity index (χ3n) is 5.45. The molecule has 3 aromatic carbocycles. The van der Waals surface area contributed by atoms with Gasteiger partial charge in [0.2, 0.25) is 0 Å². The highest BCUT2D eigenvalue weighted by Gasteiger charge is 2.30. The fourth-order valence-corrected chi connectivity index (χ4v) is 3.59. The van der Waals surface area contributed by atoms with Crippen LogP contribution in [-0.2, 0) is 28.5 Å². The number of rotatable bonds is 11. The van der Waals surface area contributed by atoms with Crippen molar-refractivity contribution < 1.29 is 27.4 Å². The lowest BCUT2D eigenvalue weighted by Crippen LogP contribution is -2.05. The quantitative estimate of drug-likeness (QED) is 0.218. The maximum Gasteiger partial charge on any atom is 0.416 e. The Balaban J connectivity index is 1.47. The Morgan fingerprint density at radius 3 is 2.12 bits per heavy atom. The molecular weight excluding hydrogens is 441 g/mol. The molecule has 0 radical (unpaired) electrons. The second-order valence-electron chi connectivity index (χ2n) is 8.03. The number of unbranched alkanes of at least 4 members (excludes halogenated alkanes) is 1. The minimum absolute atomic E-state index is 0.173. The zero-order valence-corrected chi connectivity index (χ0v) is 19.2. The summed E-state index contributed by atoms with van der Waals surface area (Å²) in [6, 6.07) is 21.4. The van der Waals surface area contributed by atoms with Gasteiger partial charge in [-0.2, -0.15) is 13.2 Å². The van der Waals surface area contributed by atoms with Gasteiger partial charge in [0.15, 0.2) is 0 Å². The molecule has 3 aromatic rings. The van der Waals surface area contributed by atoms with E-state index in [4.69, 9.17) is 9.47 Å². The molecule has 0 aliphatic heterocycles. The van der Waals surface area contributed by atoms with Crippen LogP contribution in [0.2, 0.25) is 0 Å². The summed E-state index contributed by atoms with van der Waals surface area (Å²) in [5, 5.41) is 0. The van der Waals surface area contributed by atoms with E-state index in [0.717, 1.165) is 41.3 Å². The van der Waals surface area contributed by atoms with Crippen molar-refractivity contribution in [3.63, 3.8) is 0 Å². The van der Waals surface area contributed by atoms with Crippen LogP contribution in [0.25, 0.3) is 11.1 Å². The molecule has 34 heavy (non-hydrogen) atoms. The fourth-order valence-electron chi connectivity index (χ4n) is 3.59. The predicted molar refractivity (Wildman–Crippen MR) is 127 cm³/mol. The number of aryl methyl sites for hydroxylation is 2. The van der Waals surface area contributed by atoms with Gasteiger partial charge in [0.05, 0.1) is 18.8 Å². The lowest BCUT2D eigenvalue weighted by Gasteiger charge is -2.10. The Bertz CT molecular complexity index is 1040. The number of alkyl halides is 3. The van der Waals surface area contributed by atoms with E-state index in [0.29, 0.717) is 38.0 Å². The van der Waals surface area contributed by atoms with Crippen molar-refractivity contribution in [1.82, 2.24) is 0 Å². The summed E-state index contributed by atoms with van der Waals surface area (Å²) < 4.78 is 49.3. The molecule has 0 fully saturated rings. The largest absolute Gasteiger partial charge is 0.494 e. The summed E-state index contributed by atoms with van der Waals surface area (Å²) in [4.78, 5) is 11.3. The smallest absolute Gasteiger partial charge is 0.416 e. The molecule has 0 unspecified atom stereocenters. The average Bonchev–Trinajstić information content (AvgIpc) is 2.83. The molecule has 0 aliphatic carbocycles. The molecule has 0 aromatic heterocycles. The molecule has 0 aliphatic rings. The second-order valence-corrected chi connectivity index (χ2v) is 8.03. The van der Waals surface area contributed by atoms with Crippen LogP contribution < -0.4 is 4.74 Å². The highest BCUT2D eigenvalue weighted by Crippen LogP contribution is 2.30. The van der Waals surface area contributed by atoms with Crippen molar-refractivity contribution in [3.05, 3.63) is 89.5 Å². The zero-order chi connectivity index (χ0) is 24.4. The number of halogens is 3. The summed E-state index contributed by atoms with van der Waals surface area (Å²) in [7, 11) is 0. The summed E-state index contributed by atoms with van der Waals surface area (Å²) in [6.07, 6.45) is -1.17. The summed E-state index contributed by atoms with van der Waals surface area (Å²) >= 11 is 0. The third kappa shape index (κ3) is 7.94. The normalized spacial score (nSPS) is 11.3. The SMILES string of the molecule is CCOC(=O)CCCCOc1ccc(-c2ccc(CCc3cccc(C(F)(F)F)c3)cc2)cc1. The van der Waals surface area contributed by atoms with Crippen LogP contribution in [-0.4, -0.2) is 19.2 Å². The first-order chi connectivity index (χ1) is 16.3. The van der Waals surface area contributed by atoms with Gasteiger partial charge < -0.3 is 9.47 Å². The van der Waals surface area contributed by atoms with Crippen LogP contribution in [0.1, 0.15) is 42.9 Å². The van der Waals surface area contributed by atoms with Crippen LogP contribution in [0.3, 0.4) is 0 Å². The van der Waals surface area contributed by atoms with E-state index in [9.17, 15) is 18.0 Å². The lowest BCUT2D eigenvalue weighted by molar-refractivity contribution is -0.143. The second kappa shape index (κ2) is 12.3. The van der Waals surface area contributed by atoms with Gasteiger partial charge in [-0.25, -0.2) is 0 Å². The molecule has 3 nitrogen and oxygen atoms in total. The average molecular weight is 471 g/mol. The Hall–Kier alpha value is -3.28. The van der Waals surface area contributed by atoms with Crippen molar-refractivity contribution in [2.45, 2.75) is 45.2 Å². The lowest BCUT2D eigenvalue weighted by atomic mass is 9.99. The molecule has 0 spiro atoms. The summed E-state index contributed by atoms with van der Waals surface area (Å²) in [6.45, 7) is 2.74. The van der Waals surface area contributed by atoms with Crippen molar-refractivity contribution >= 4 is 5.97 Å². The Morgan fingerprint density at radius 2 is 1.47 bits per heavy atom. The number of hydrogen-bond donors (Lipinski definition) is 0. The van der Waals surface area contributed by atoms with E-state index in [1.807, 2.05) is 48.5 Å². The predicted octanol–water partition coefficient (Wildman–Crippen LogP) is 7.27. The van der Waals surface area contributed by atoms with Crippen LogP contribution in [0.4, 0.5) is 13.2 Å². The number of hydrogen-bond acceptors (Lipinski definition) is 3. The minimum atomic E-state index is -4.32. The van der Waals surface area contributed by atoms with E-state index in [1.54, 1.807) is 13.0 Å². The summed E-state index contributed by atoms with van der Waals surface area (Å²) in [5.74, 6) is 0.603. The zero-order valence-electron chi connectivity index (χ0n) is 19.2. The van der Waals surface area contributed by atoms with Crippen LogP contribution in [0.15, 0.2) is 72.8 Å². The standard InChI is InChI=1S/C28H29F3O3/c1-2-33-27(32)8-3-4-19-34-26-17-15-24(16-18-26)23-13-11-21(12-14-23)9-10-22-6-5-7-25(20-22)28(29,30)31/h5-7,11-18,20H,2-4,8-10,19H2,1H3. The molecule has 0 N–H and O–H groups in total. The Morgan fingerprint density at radius 1 is 0.824 bits per heavy atom. The number of benzene rings is 3. The highest BCUT2D eigenvalue weighted by atomic mass is 19.4. The van der Waals surface area contributed by atoms with Crippen molar-refractivity contribution in [3.8, 4) is 16.9 Å². The summed E-state index contributed by atoms with van der Waals surface area (Å²) in [5.41, 5.74) is 3.26. The molecular formula is C28H29F3O3. The number of ether oxygens (including phenoxy) is 2. The molecule has 0 saturated carbocycles. The van der Waals surface area contributed by atoms with Crippen LogP contribution in [0.5, 0.6) is 5.75 Å². The fraction of sp³-hybridized carbons (Fsp3) is 0.321. The molecule has 0 amide bonds. The topological polar surface area (TPSA) is 35.5 Å². The highest BCUT2D eigenvalue weighted by molar-refractivity contribution is 5.69. The van der Waals surface area contributed by atoms with Crippen LogP contribution >= 0.6 is 0 Å². The molecule has 0 heterocycles. The monoisotopic (exact) mass is 470 g/mol. The van der Waals surface area contributed by atoms with Crippen molar-refractivity contribution in [2.75, 3.05) is 13.2 Å². The van der Waals surface area contributed by atoms with Crippen molar-refractivity contribution in [1.29, 1.82) is 0 Å². The van der Waals surface area contributed by atoms with E-state index in [-0.39, 0.29) is 5.97 Å². The van der Waals surface area contributed by atoms with E-state index >= 15 is 0 Å². The third-order valence-corrected chi connectivity index (χ3v) is 5.45. The van der Waals surface area contributed by atoms with Gasteiger partial charge in [0, 0.05) is 6.42 Å². The maximum atomic E-state index is 12.9. The van der Waals surface area contributed by atoms with Gasteiger partial charge in [-0.05, 0) is 73.1 Å². The molecule has 0 atom stereocenters. The molecule has 0 saturated heterocycles. The van der Waals surface area contributed by atoms with E-state index in [2.05, 4.69) is 0 Å². The molecule has 180 valence electrons. The minimum Gasteiger partial charge on any atom is -0.494 e. The van der Waals surface area contributed by atoms with Gasteiger partial charge in [0.1, 0.15) is 5.75 Å². The molecule has 6 heteroatoms. The van der Waals surface area contributed by atoms with Gasteiger partial charge in [0.25, 0.3) is 0 Å². The number of esters is 1. The Kier molecular flexibility index (Phi) is 9.14. The maximum absolute atomic E-state index is 12.9. The number of carbonyl (C=O) groups is 1. The van der Waals surface area contributed by atoms with Gasteiger partial charge in [-0.3, -0.25) is 4.79 Å². The van der Waals surface area contributed by atoms with Gasteiger partial charge >= 0.3 is 12.1 Å². The van der Waals surface area contributed by atoms with Gasteiger partial charge in [-0.1, -0.05) is 54.6 Å².